The summed E-state index contributed by atoms with van der Waals surface area (Å²) in [6, 6.07) is 0. The molecule has 0 heterocycles. The van der Waals surface area contributed by atoms with Crippen molar-refractivity contribution in [3.63, 3.8) is 0 Å². The lowest BCUT2D eigenvalue weighted by Crippen LogP contribution is -2.38. The van der Waals surface area contributed by atoms with Gasteiger partial charge in [0.25, 0.3) is 0 Å². The summed E-state index contributed by atoms with van der Waals surface area (Å²) in [5, 5.41) is 3.50. The van der Waals surface area contributed by atoms with E-state index in [2.05, 4.69) is 12.2 Å². The molecule has 1 N–H and O–H groups in total. The Kier molecular flexibility index (Phi) is 3.26. The Morgan fingerprint density at radius 3 is 2.38 bits per heavy atom. The van der Waals surface area contributed by atoms with Crippen LogP contribution < -0.4 is 5.32 Å². The highest BCUT2D eigenvalue weighted by Gasteiger charge is 2.37. The van der Waals surface area contributed by atoms with Gasteiger partial charge in [-0.15, -0.1) is 0 Å². The molecule has 2 saturated carbocycles. The van der Waals surface area contributed by atoms with E-state index in [9.17, 15) is 0 Å². The van der Waals surface area contributed by atoms with Gasteiger partial charge in [0.15, 0.2) is 0 Å². The Hall–Kier alpha value is -0.0400. The highest BCUT2D eigenvalue weighted by atomic mass is 14.9. The third-order valence-electron chi connectivity index (χ3n) is 4.14. The Labute approximate surface area is 82.3 Å². The highest BCUT2D eigenvalue weighted by molar-refractivity contribution is 4.88. The van der Waals surface area contributed by atoms with E-state index < -0.39 is 0 Å². The van der Waals surface area contributed by atoms with Crippen LogP contribution >= 0.6 is 0 Å². The first kappa shape index (κ1) is 9.51. The topological polar surface area (TPSA) is 12.0 Å². The first-order valence-electron chi connectivity index (χ1n) is 6.12. The molecule has 1 nitrogen and oxygen atoms in total. The van der Waals surface area contributed by atoms with Crippen LogP contribution in [0.5, 0.6) is 0 Å². The van der Waals surface area contributed by atoms with Gasteiger partial charge in [0, 0.05) is 0 Å². The number of nitrogens with one attached hydrogen (secondary N) is 1. The van der Waals surface area contributed by atoms with Gasteiger partial charge in [0.05, 0.1) is 0 Å². The van der Waals surface area contributed by atoms with Crippen molar-refractivity contribution in [2.45, 2.75) is 45.4 Å². The molecule has 2 atom stereocenters. The van der Waals surface area contributed by atoms with E-state index in [-0.39, 0.29) is 0 Å². The van der Waals surface area contributed by atoms with Gasteiger partial charge >= 0.3 is 0 Å². The summed E-state index contributed by atoms with van der Waals surface area (Å²) in [4.78, 5) is 0. The summed E-state index contributed by atoms with van der Waals surface area (Å²) in [6.45, 7) is 4.65. The van der Waals surface area contributed by atoms with Gasteiger partial charge < -0.3 is 5.32 Å². The van der Waals surface area contributed by atoms with Gasteiger partial charge in [-0.2, -0.15) is 0 Å². The smallest absolute Gasteiger partial charge is 0.00179 e. The molecule has 1 heteroatoms. The molecule has 0 radical (unpaired) electrons. The van der Waals surface area contributed by atoms with E-state index in [1.54, 1.807) is 0 Å². The Morgan fingerprint density at radius 2 is 1.85 bits per heavy atom. The van der Waals surface area contributed by atoms with Crippen molar-refractivity contribution in [2.75, 3.05) is 13.1 Å². The summed E-state index contributed by atoms with van der Waals surface area (Å²) >= 11 is 0. The van der Waals surface area contributed by atoms with E-state index in [0.29, 0.717) is 0 Å². The van der Waals surface area contributed by atoms with Crippen molar-refractivity contribution in [1.29, 1.82) is 0 Å². The van der Waals surface area contributed by atoms with E-state index in [1.165, 1.54) is 45.1 Å². The SMILES string of the molecule is CCNCC1CCC1C1CCCC1. The molecular weight excluding hydrogens is 158 g/mol. The first-order chi connectivity index (χ1) is 6.42. The molecule has 2 fully saturated rings. The lowest BCUT2D eigenvalue weighted by molar-refractivity contribution is 0.105. The number of rotatable bonds is 4. The van der Waals surface area contributed by atoms with E-state index in [1.807, 2.05) is 0 Å². The Balaban J connectivity index is 1.73. The fourth-order valence-corrected chi connectivity index (χ4v) is 3.18. The molecule has 2 rings (SSSR count). The molecule has 0 aromatic rings. The summed E-state index contributed by atoms with van der Waals surface area (Å²) in [5.74, 6) is 3.24. The fourth-order valence-electron chi connectivity index (χ4n) is 3.18. The lowest BCUT2D eigenvalue weighted by atomic mass is 9.66. The fraction of sp³-hybridized carbons (Fsp3) is 1.00. The maximum absolute atomic E-state index is 3.50. The lowest BCUT2D eigenvalue weighted by Gasteiger charge is -2.41. The average Bonchev–Trinajstić information content (AvgIpc) is 2.56. The van der Waals surface area contributed by atoms with Crippen molar-refractivity contribution >= 4 is 0 Å². The standard InChI is InChI=1S/C12H23N/c1-2-13-9-11-7-8-12(11)10-5-3-4-6-10/h10-13H,2-9H2,1H3. The predicted molar refractivity (Wildman–Crippen MR) is 56.7 cm³/mol. The van der Waals surface area contributed by atoms with E-state index >= 15 is 0 Å². The van der Waals surface area contributed by atoms with Crippen LogP contribution in [0.1, 0.15) is 45.4 Å². The van der Waals surface area contributed by atoms with Crippen molar-refractivity contribution in [3.8, 4) is 0 Å². The van der Waals surface area contributed by atoms with Crippen LogP contribution in [0.3, 0.4) is 0 Å². The maximum atomic E-state index is 3.50. The van der Waals surface area contributed by atoms with E-state index in [0.717, 1.165) is 24.3 Å². The van der Waals surface area contributed by atoms with Crippen LogP contribution in [-0.4, -0.2) is 13.1 Å². The highest BCUT2D eigenvalue weighted by Crippen LogP contribution is 2.45. The van der Waals surface area contributed by atoms with Crippen LogP contribution in [0.15, 0.2) is 0 Å². The zero-order valence-corrected chi connectivity index (χ0v) is 8.89. The molecule has 76 valence electrons. The molecule has 0 aliphatic heterocycles. The second kappa shape index (κ2) is 4.45. The summed E-state index contributed by atoms with van der Waals surface area (Å²) < 4.78 is 0. The third-order valence-corrected chi connectivity index (χ3v) is 4.14. The summed E-state index contributed by atoms with van der Waals surface area (Å²) in [7, 11) is 0. The molecular formula is C12H23N. The van der Waals surface area contributed by atoms with Gasteiger partial charge in [-0.1, -0.05) is 32.6 Å². The predicted octanol–water partition coefficient (Wildman–Crippen LogP) is 2.81. The van der Waals surface area contributed by atoms with E-state index in [4.69, 9.17) is 0 Å². The quantitative estimate of drug-likeness (QED) is 0.703. The summed E-state index contributed by atoms with van der Waals surface area (Å²) in [6.07, 6.45) is 9.11. The average molecular weight is 181 g/mol. The van der Waals surface area contributed by atoms with Gasteiger partial charge in [-0.25, -0.2) is 0 Å². The monoisotopic (exact) mass is 181 g/mol. The molecule has 0 aromatic heterocycles. The molecule has 13 heavy (non-hydrogen) atoms. The van der Waals surface area contributed by atoms with Gasteiger partial charge in [-0.3, -0.25) is 0 Å². The molecule has 2 aliphatic rings. The van der Waals surface area contributed by atoms with Crippen molar-refractivity contribution in [2.24, 2.45) is 17.8 Å². The van der Waals surface area contributed by atoms with Crippen LogP contribution in [0.25, 0.3) is 0 Å². The third kappa shape index (κ3) is 2.07. The second-order valence-electron chi connectivity index (χ2n) is 4.85. The normalized spacial score (nSPS) is 34.8. The molecule has 0 spiro atoms. The molecule has 2 unspecified atom stereocenters. The van der Waals surface area contributed by atoms with Crippen LogP contribution in [0, 0.1) is 17.8 Å². The molecule has 0 saturated heterocycles. The van der Waals surface area contributed by atoms with Crippen LogP contribution in [0.2, 0.25) is 0 Å². The number of hydrogen-bond donors (Lipinski definition) is 1. The largest absolute Gasteiger partial charge is 0.317 e. The zero-order chi connectivity index (χ0) is 9.10. The Morgan fingerprint density at radius 1 is 1.08 bits per heavy atom. The minimum absolute atomic E-state index is 1.03. The Bertz CT molecular complexity index is 149. The molecule has 0 amide bonds. The van der Waals surface area contributed by atoms with Gasteiger partial charge in [0.1, 0.15) is 0 Å². The zero-order valence-electron chi connectivity index (χ0n) is 8.89. The molecule has 2 aliphatic carbocycles. The van der Waals surface area contributed by atoms with Crippen molar-refractivity contribution < 1.29 is 0 Å². The van der Waals surface area contributed by atoms with Crippen LogP contribution in [0.4, 0.5) is 0 Å². The minimum Gasteiger partial charge on any atom is -0.317 e. The minimum atomic E-state index is 1.03. The van der Waals surface area contributed by atoms with Crippen LogP contribution in [-0.2, 0) is 0 Å². The van der Waals surface area contributed by atoms with Crippen molar-refractivity contribution in [3.05, 3.63) is 0 Å². The molecule has 0 bridgehead atoms. The second-order valence-corrected chi connectivity index (χ2v) is 4.85. The van der Waals surface area contributed by atoms with Gasteiger partial charge in [0.2, 0.25) is 0 Å². The van der Waals surface area contributed by atoms with Gasteiger partial charge in [-0.05, 0) is 43.7 Å². The van der Waals surface area contributed by atoms with Crippen molar-refractivity contribution in [1.82, 2.24) is 5.32 Å². The first-order valence-corrected chi connectivity index (χ1v) is 6.12. The summed E-state index contributed by atoms with van der Waals surface area (Å²) in [5.41, 5.74) is 0. The maximum Gasteiger partial charge on any atom is -0.00179 e. The number of hydrogen-bond acceptors (Lipinski definition) is 1. The molecule has 0 aromatic carbocycles.